The minimum atomic E-state index is -0.0218. The number of hydrogen-bond donors (Lipinski definition) is 2. The maximum atomic E-state index is 5.88. The molecule has 0 bridgehead atoms. The van der Waals surface area contributed by atoms with Crippen molar-refractivity contribution >= 4 is 0 Å². The number of likely N-dealkylation sites (N-methyl/N-ethyl adjacent to an activating group) is 1. The lowest BCUT2D eigenvalue weighted by molar-refractivity contribution is 0.0695. The Kier molecular flexibility index (Phi) is 5.91. The molecule has 0 aromatic carbocycles. The fourth-order valence-electron chi connectivity index (χ4n) is 2.94. The van der Waals surface area contributed by atoms with Crippen LogP contribution in [0.1, 0.15) is 51.3 Å². The van der Waals surface area contributed by atoms with Crippen molar-refractivity contribution in [3.63, 3.8) is 0 Å². The fraction of sp³-hybridized carbons (Fsp3) is 0.667. The first-order chi connectivity index (χ1) is 9.04. The van der Waals surface area contributed by atoms with E-state index in [0.29, 0.717) is 0 Å². The van der Waals surface area contributed by atoms with Crippen LogP contribution >= 0.6 is 0 Å². The number of nitrogens with zero attached hydrogens (tertiary/aromatic N) is 2. The molecule has 3 N–H and O–H groups in total. The van der Waals surface area contributed by atoms with Crippen LogP contribution in [0.2, 0.25) is 0 Å². The van der Waals surface area contributed by atoms with E-state index in [4.69, 9.17) is 5.84 Å². The van der Waals surface area contributed by atoms with Crippen molar-refractivity contribution in [2.24, 2.45) is 5.84 Å². The molecule has 0 aliphatic rings. The van der Waals surface area contributed by atoms with Gasteiger partial charge in [-0.3, -0.25) is 21.2 Å². The van der Waals surface area contributed by atoms with Gasteiger partial charge in [-0.25, -0.2) is 0 Å². The third kappa shape index (κ3) is 3.14. The van der Waals surface area contributed by atoms with Gasteiger partial charge in [0.1, 0.15) is 0 Å². The molecular formula is C15H28N4. The van der Waals surface area contributed by atoms with Gasteiger partial charge in [0.15, 0.2) is 0 Å². The van der Waals surface area contributed by atoms with E-state index >= 15 is 0 Å². The standard InChI is InChI=1S/C15H28N4/c1-6-15(5,19(7-2)8-3)14(18-16)13-11-17-10-9-12(13)4/h9-11,14,18H,6-8,16H2,1-5H3. The van der Waals surface area contributed by atoms with Crippen molar-refractivity contribution in [1.82, 2.24) is 15.3 Å². The third-order valence-corrected chi connectivity index (χ3v) is 4.38. The smallest absolute Gasteiger partial charge is 0.0658 e. The van der Waals surface area contributed by atoms with Gasteiger partial charge in [0.2, 0.25) is 0 Å². The highest BCUT2D eigenvalue weighted by molar-refractivity contribution is 5.28. The van der Waals surface area contributed by atoms with E-state index in [1.807, 2.05) is 18.5 Å². The first-order valence-corrected chi connectivity index (χ1v) is 7.16. The van der Waals surface area contributed by atoms with Gasteiger partial charge in [-0.05, 0) is 50.6 Å². The number of hydrogen-bond acceptors (Lipinski definition) is 4. The molecule has 19 heavy (non-hydrogen) atoms. The lowest BCUT2D eigenvalue weighted by atomic mass is 9.82. The van der Waals surface area contributed by atoms with Crippen LogP contribution in [-0.2, 0) is 0 Å². The Morgan fingerprint density at radius 2 is 2.00 bits per heavy atom. The van der Waals surface area contributed by atoms with Crippen LogP contribution in [-0.4, -0.2) is 28.5 Å². The second-order valence-electron chi connectivity index (χ2n) is 5.21. The molecule has 2 atom stereocenters. The highest BCUT2D eigenvalue weighted by atomic mass is 15.3. The van der Waals surface area contributed by atoms with Crippen molar-refractivity contribution in [1.29, 1.82) is 0 Å². The number of aryl methyl sites for hydroxylation is 1. The average molecular weight is 264 g/mol. The number of nitrogens with two attached hydrogens (primary N) is 1. The zero-order valence-corrected chi connectivity index (χ0v) is 12.9. The lowest BCUT2D eigenvalue weighted by Crippen LogP contribution is -2.55. The molecule has 0 amide bonds. The van der Waals surface area contributed by atoms with Crippen LogP contribution < -0.4 is 11.3 Å². The summed E-state index contributed by atoms with van der Waals surface area (Å²) in [6.45, 7) is 13.0. The molecule has 0 saturated heterocycles. The van der Waals surface area contributed by atoms with Gasteiger partial charge < -0.3 is 0 Å². The van der Waals surface area contributed by atoms with E-state index in [9.17, 15) is 0 Å². The van der Waals surface area contributed by atoms with Gasteiger partial charge in [0.25, 0.3) is 0 Å². The minimum Gasteiger partial charge on any atom is -0.297 e. The quantitative estimate of drug-likeness (QED) is 0.586. The third-order valence-electron chi connectivity index (χ3n) is 4.38. The van der Waals surface area contributed by atoms with E-state index in [2.05, 4.69) is 49.9 Å². The summed E-state index contributed by atoms with van der Waals surface area (Å²) in [6.07, 6.45) is 4.78. The molecule has 1 aromatic heterocycles. The summed E-state index contributed by atoms with van der Waals surface area (Å²) in [5.41, 5.74) is 5.40. The van der Waals surface area contributed by atoms with E-state index in [-0.39, 0.29) is 11.6 Å². The molecule has 1 aromatic rings. The molecule has 108 valence electrons. The van der Waals surface area contributed by atoms with Gasteiger partial charge >= 0.3 is 0 Å². The number of aromatic nitrogens is 1. The van der Waals surface area contributed by atoms with E-state index in [1.54, 1.807) is 0 Å². The summed E-state index contributed by atoms with van der Waals surface area (Å²) < 4.78 is 0. The first-order valence-electron chi connectivity index (χ1n) is 7.16. The van der Waals surface area contributed by atoms with Crippen LogP contribution in [0.25, 0.3) is 0 Å². The molecule has 0 spiro atoms. The Hall–Kier alpha value is -0.970. The van der Waals surface area contributed by atoms with E-state index < -0.39 is 0 Å². The highest BCUT2D eigenvalue weighted by Gasteiger charge is 2.38. The zero-order valence-electron chi connectivity index (χ0n) is 12.9. The van der Waals surface area contributed by atoms with Gasteiger partial charge in [0, 0.05) is 17.9 Å². The Labute approximate surface area is 117 Å². The van der Waals surface area contributed by atoms with Gasteiger partial charge in [-0.2, -0.15) is 0 Å². The maximum absolute atomic E-state index is 5.88. The minimum absolute atomic E-state index is 0.0218. The van der Waals surface area contributed by atoms with Gasteiger partial charge in [0.05, 0.1) is 6.04 Å². The largest absolute Gasteiger partial charge is 0.297 e. The van der Waals surface area contributed by atoms with E-state index in [0.717, 1.165) is 19.5 Å². The Morgan fingerprint density at radius 3 is 2.42 bits per heavy atom. The molecule has 1 rings (SSSR count). The molecule has 2 unspecified atom stereocenters. The molecule has 0 radical (unpaired) electrons. The summed E-state index contributed by atoms with van der Waals surface area (Å²) in [7, 11) is 0. The second kappa shape index (κ2) is 6.98. The van der Waals surface area contributed by atoms with Crippen molar-refractivity contribution in [2.45, 2.75) is 52.6 Å². The van der Waals surface area contributed by atoms with Crippen LogP contribution in [0.3, 0.4) is 0 Å². The first kappa shape index (κ1) is 16.1. The summed E-state index contributed by atoms with van der Waals surface area (Å²) in [4.78, 5) is 6.72. The number of nitrogens with one attached hydrogen (secondary N) is 1. The van der Waals surface area contributed by atoms with Crippen LogP contribution in [0.5, 0.6) is 0 Å². The summed E-state index contributed by atoms with van der Waals surface area (Å²) in [5.74, 6) is 5.88. The zero-order chi connectivity index (χ0) is 14.5. The van der Waals surface area contributed by atoms with Crippen LogP contribution in [0.15, 0.2) is 18.5 Å². The molecule has 0 aliphatic heterocycles. The predicted molar refractivity (Wildman–Crippen MR) is 80.7 cm³/mol. The number of pyridine rings is 1. The van der Waals surface area contributed by atoms with Gasteiger partial charge in [-0.15, -0.1) is 0 Å². The van der Waals surface area contributed by atoms with E-state index in [1.165, 1.54) is 11.1 Å². The molecule has 4 nitrogen and oxygen atoms in total. The lowest BCUT2D eigenvalue weighted by Gasteiger charge is -2.45. The van der Waals surface area contributed by atoms with Crippen LogP contribution in [0.4, 0.5) is 0 Å². The summed E-state index contributed by atoms with van der Waals surface area (Å²) in [6, 6.07) is 2.11. The molecule has 1 heterocycles. The van der Waals surface area contributed by atoms with Crippen molar-refractivity contribution in [3.8, 4) is 0 Å². The topological polar surface area (TPSA) is 54.2 Å². The predicted octanol–water partition coefficient (Wildman–Crippen LogP) is 2.40. The summed E-state index contributed by atoms with van der Waals surface area (Å²) in [5, 5.41) is 0. The maximum Gasteiger partial charge on any atom is 0.0658 e. The second-order valence-corrected chi connectivity index (χ2v) is 5.21. The fourth-order valence-corrected chi connectivity index (χ4v) is 2.94. The molecule has 0 saturated carbocycles. The van der Waals surface area contributed by atoms with Crippen molar-refractivity contribution in [2.75, 3.05) is 13.1 Å². The Bertz CT molecular complexity index is 389. The van der Waals surface area contributed by atoms with Crippen molar-refractivity contribution in [3.05, 3.63) is 29.6 Å². The average Bonchev–Trinajstić information content (AvgIpc) is 2.43. The number of hydrazine groups is 1. The highest BCUT2D eigenvalue weighted by Crippen LogP contribution is 2.34. The molecule has 4 heteroatoms. The molecular weight excluding hydrogens is 236 g/mol. The van der Waals surface area contributed by atoms with Crippen LogP contribution in [0, 0.1) is 6.92 Å². The number of rotatable bonds is 7. The molecule has 0 aliphatic carbocycles. The normalized spacial score (nSPS) is 16.4. The SMILES string of the molecule is CCN(CC)C(C)(CC)C(NN)c1cnccc1C. The Balaban J connectivity index is 3.22. The molecule has 0 fully saturated rings. The Morgan fingerprint density at radius 1 is 1.37 bits per heavy atom. The monoisotopic (exact) mass is 264 g/mol. The summed E-state index contributed by atoms with van der Waals surface area (Å²) >= 11 is 0. The van der Waals surface area contributed by atoms with Gasteiger partial charge in [-0.1, -0.05) is 20.8 Å². The van der Waals surface area contributed by atoms with Crippen molar-refractivity contribution < 1.29 is 0 Å².